The molecule has 1 aliphatic rings. The van der Waals surface area contributed by atoms with Gasteiger partial charge in [-0.2, -0.15) is 0 Å². The van der Waals surface area contributed by atoms with Gasteiger partial charge in [-0.05, 0) is 54.2 Å². The Labute approximate surface area is 119 Å². The second kappa shape index (κ2) is 6.14. The van der Waals surface area contributed by atoms with Gasteiger partial charge in [0.15, 0.2) is 0 Å². The molecule has 1 aliphatic carbocycles. The van der Waals surface area contributed by atoms with Gasteiger partial charge in [-0.25, -0.2) is 4.39 Å². The Morgan fingerprint density at radius 1 is 1.10 bits per heavy atom. The molecule has 0 spiro atoms. The predicted octanol–water partition coefficient (Wildman–Crippen LogP) is 3.85. The van der Waals surface area contributed by atoms with E-state index in [4.69, 9.17) is 0 Å². The number of nitrogens with zero attached hydrogens (tertiary/aromatic N) is 1. The monoisotopic (exact) mass is 270 g/mol. The minimum absolute atomic E-state index is 0.171. The first-order valence-corrected chi connectivity index (χ1v) is 7.21. The maximum absolute atomic E-state index is 13.1. The number of hydrogen-bond donors (Lipinski definition) is 1. The fourth-order valence-electron chi connectivity index (χ4n) is 2.73. The van der Waals surface area contributed by atoms with Gasteiger partial charge in [0.1, 0.15) is 5.82 Å². The summed E-state index contributed by atoms with van der Waals surface area (Å²) in [6, 6.07) is 11.3. The van der Waals surface area contributed by atoms with Crippen LogP contribution in [0.4, 0.5) is 4.39 Å². The fraction of sp³-hybridized carbons (Fsp3) is 0.353. The number of halogens is 1. The van der Waals surface area contributed by atoms with Crippen LogP contribution in [0.3, 0.4) is 0 Å². The molecule has 3 rings (SSSR count). The van der Waals surface area contributed by atoms with Crippen LogP contribution in [0, 0.1) is 11.7 Å². The molecule has 0 unspecified atom stereocenters. The molecule has 0 amide bonds. The average molecular weight is 270 g/mol. The summed E-state index contributed by atoms with van der Waals surface area (Å²) < 4.78 is 13.1. The van der Waals surface area contributed by atoms with E-state index < -0.39 is 0 Å². The second-order valence-corrected chi connectivity index (χ2v) is 5.46. The Kier molecular flexibility index (Phi) is 4.07. The molecule has 1 heterocycles. The first kappa shape index (κ1) is 13.3. The van der Waals surface area contributed by atoms with E-state index in [1.165, 1.54) is 30.4 Å². The number of aromatic nitrogens is 1. The summed E-state index contributed by atoms with van der Waals surface area (Å²) in [7, 11) is 0. The van der Waals surface area contributed by atoms with Crippen molar-refractivity contribution in [2.24, 2.45) is 5.92 Å². The molecular weight excluding hydrogens is 251 g/mol. The van der Waals surface area contributed by atoms with Crippen molar-refractivity contribution in [1.29, 1.82) is 0 Å². The zero-order chi connectivity index (χ0) is 13.8. The van der Waals surface area contributed by atoms with E-state index in [0.717, 1.165) is 6.54 Å². The quantitative estimate of drug-likeness (QED) is 0.892. The molecule has 1 N–H and O–H groups in total. The van der Waals surface area contributed by atoms with Crippen molar-refractivity contribution >= 4 is 0 Å². The molecule has 20 heavy (non-hydrogen) atoms. The lowest BCUT2D eigenvalue weighted by atomic mass is 9.77. The summed E-state index contributed by atoms with van der Waals surface area (Å²) in [6.45, 7) is 0.820. The number of rotatable bonds is 5. The van der Waals surface area contributed by atoms with Gasteiger partial charge in [0, 0.05) is 25.0 Å². The molecule has 104 valence electrons. The number of benzene rings is 1. The molecule has 1 atom stereocenters. The van der Waals surface area contributed by atoms with E-state index in [-0.39, 0.29) is 5.82 Å². The number of hydrogen-bond acceptors (Lipinski definition) is 2. The van der Waals surface area contributed by atoms with Gasteiger partial charge in [-0.15, -0.1) is 0 Å². The smallest absolute Gasteiger partial charge is 0.123 e. The predicted molar refractivity (Wildman–Crippen MR) is 77.6 cm³/mol. The molecule has 3 heteroatoms. The van der Waals surface area contributed by atoms with Crippen LogP contribution >= 0.6 is 0 Å². The van der Waals surface area contributed by atoms with Gasteiger partial charge < -0.3 is 5.32 Å². The Balaban J connectivity index is 1.71. The van der Waals surface area contributed by atoms with Gasteiger partial charge in [-0.1, -0.05) is 18.6 Å². The summed E-state index contributed by atoms with van der Waals surface area (Å²) >= 11 is 0. The van der Waals surface area contributed by atoms with Crippen LogP contribution < -0.4 is 5.32 Å². The van der Waals surface area contributed by atoms with Gasteiger partial charge >= 0.3 is 0 Å². The molecular formula is C17H19FN2. The first-order valence-electron chi connectivity index (χ1n) is 7.21. The van der Waals surface area contributed by atoms with Crippen LogP contribution in [0.2, 0.25) is 0 Å². The van der Waals surface area contributed by atoms with Gasteiger partial charge in [0.25, 0.3) is 0 Å². The maximum Gasteiger partial charge on any atom is 0.123 e. The highest BCUT2D eigenvalue weighted by Gasteiger charge is 2.28. The minimum Gasteiger partial charge on any atom is -0.306 e. The van der Waals surface area contributed by atoms with E-state index in [0.29, 0.717) is 12.0 Å². The molecule has 1 saturated carbocycles. The van der Waals surface area contributed by atoms with Crippen LogP contribution in [-0.2, 0) is 6.54 Å². The van der Waals surface area contributed by atoms with E-state index in [1.54, 1.807) is 12.1 Å². The van der Waals surface area contributed by atoms with E-state index in [9.17, 15) is 4.39 Å². The third kappa shape index (κ3) is 3.05. The molecule has 0 radical (unpaired) electrons. The molecule has 0 saturated heterocycles. The van der Waals surface area contributed by atoms with Crippen molar-refractivity contribution in [3.05, 3.63) is 65.7 Å². The lowest BCUT2D eigenvalue weighted by Gasteiger charge is -2.35. The van der Waals surface area contributed by atoms with Crippen LogP contribution in [-0.4, -0.2) is 4.98 Å². The van der Waals surface area contributed by atoms with Crippen molar-refractivity contribution in [3.8, 4) is 0 Å². The SMILES string of the molecule is Fc1ccc([C@@H](NCc2ccncc2)C2CCC2)cc1. The summed E-state index contributed by atoms with van der Waals surface area (Å²) in [5.41, 5.74) is 2.41. The zero-order valence-corrected chi connectivity index (χ0v) is 11.4. The summed E-state index contributed by atoms with van der Waals surface area (Å²) in [6.07, 6.45) is 7.44. The Hall–Kier alpha value is -1.74. The molecule has 0 bridgehead atoms. The summed E-state index contributed by atoms with van der Waals surface area (Å²) in [5, 5.41) is 3.62. The Bertz CT molecular complexity index is 535. The fourth-order valence-corrected chi connectivity index (χ4v) is 2.73. The largest absolute Gasteiger partial charge is 0.306 e. The third-order valence-electron chi connectivity index (χ3n) is 4.13. The van der Waals surface area contributed by atoms with Gasteiger partial charge in [-0.3, -0.25) is 4.98 Å². The van der Waals surface area contributed by atoms with Crippen molar-refractivity contribution in [2.75, 3.05) is 0 Å². The average Bonchev–Trinajstić information content (AvgIpc) is 2.43. The topological polar surface area (TPSA) is 24.9 Å². The van der Waals surface area contributed by atoms with Gasteiger partial charge in [0.05, 0.1) is 0 Å². The van der Waals surface area contributed by atoms with Crippen LogP contribution in [0.25, 0.3) is 0 Å². The minimum atomic E-state index is -0.171. The second-order valence-electron chi connectivity index (χ2n) is 5.46. The normalized spacial score (nSPS) is 16.6. The number of pyridine rings is 1. The number of nitrogens with one attached hydrogen (secondary N) is 1. The van der Waals surface area contributed by atoms with Crippen molar-refractivity contribution in [1.82, 2.24) is 10.3 Å². The Morgan fingerprint density at radius 3 is 2.40 bits per heavy atom. The van der Waals surface area contributed by atoms with Crippen molar-refractivity contribution in [2.45, 2.75) is 31.8 Å². The van der Waals surface area contributed by atoms with E-state index in [1.807, 2.05) is 36.7 Å². The van der Waals surface area contributed by atoms with E-state index >= 15 is 0 Å². The molecule has 1 aromatic heterocycles. The lowest BCUT2D eigenvalue weighted by Crippen LogP contribution is -2.31. The zero-order valence-electron chi connectivity index (χ0n) is 11.4. The third-order valence-corrected chi connectivity index (χ3v) is 4.13. The molecule has 1 fully saturated rings. The highest BCUT2D eigenvalue weighted by Crippen LogP contribution is 2.37. The van der Waals surface area contributed by atoms with Gasteiger partial charge in [0.2, 0.25) is 0 Å². The summed E-state index contributed by atoms with van der Waals surface area (Å²) in [5.74, 6) is 0.498. The maximum atomic E-state index is 13.1. The van der Waals surface area contributed by atoms with Crippen molar-refractivity contribution in [3.63, 3.8) is 0 Å². The van der Waals surface area contributed by atoms with E-state index in [2.05, 4.69) is 10.3 Å². The molecule has 2 nitrogen and oxygen atoms in total. The standard InChI is InChI=1S/C17H19FN2/c18-16-6-4-15(5-7-16)17(14-2-1-3-14)20-12-13-8-10-19-11-9-13/h4-11,14,17,20H,1-3,12H2/t17-/m0/s1. The van der Waals surface area contributed by atoms with Crippen LogP contribution in [0.1, 0.15) is 36.4 Å². The Morgan fingerprint density at radius 2 is 1.80 bits per heavy atom. The molecule has 0 aliphatic heterocycles. The molecule has 1 aromatic carbocycles. The highest BCUT2D eigenvalue weighted by molar-refractivity contribution is 5.22. The lowest BCUT2D eigenvalue weighted by molar-refractivity contribution is 0.229. The van der Waals surface area contributed by atoms with Crippen LogP contribution in [0.15, 0.2) is 48.8 Å². The highest BCUT2D eigenvalue weighted by atomic mass is 19.1. The van der Waals surface area contributed by atoms with Crippen molar-refractivity contribution < 1.29 is 4.39 Å². The first-order chi connectivity index (χ1) is 9.83. The van der Waals surface area contributed by atoms with Crippen LogP contribution in [0.5, 0.6) is 0 Å². The molecule has 2 aromatic rings. The summed E-state index contributed by atoms with van der Waals surface area (Å²) in [4.78, 5) is 4.03.